The first-order chi connectivity index (χ1) is 8.11. The summed E-state index contributed by atoms with van der Waals surface area (Å²) in [6.45, 7) is 3.92. The van der Waals surface area contributed by atoms with Gasteiger partial charge in [0.05, 0.1) is 11.0 Å². The third kappa shape index (κ3) is 2.47. The van der Waals surface area contributed by atoms with Gasteiger partial charge in [-0.05, 0) is 31.5 Å². The number of nitrogens with zero attached hydrogens (tertiary/aromatic N) is 2. The number of halogens is 1. The molecule has 0 bridgehead atoms. The molecule has 2 rings (SSSR count). The molecule has 3 nitrogen and oxygen atoms in total. The van der Waals surface area contributed by atoms with E-state index in [1.165, 1.54) is 5.56 Å². The lowest BCUT2D eigenvalue weighted by Crippen LogP contribution is -2.17. The maximum Gasteiger partial charge on any atom is 0.204 e. The Kier molecular flexibility index (Phi) is 3.43. The molecule has 0 N–H and O–H groups in total. The third-order valence-corrected chi connectivity index (χ3v) is 3.08. The van der Waals surface area contributed by atoms with Gasteiger partial charge in [0.15, 0.2) is 0 Å². The van der Waals surface area contributed by atoms with Crippen molar-refractivity contribution in [2.24, 2.45) is 0 Å². The Morgan fingerprint density at radius 3 is 2.71 bits per heavy atom. The van der Waals surface area contributed by atoms with Crippen LogP contribution in [0, 0.1) is 13.8 Å². The van der Waals surface area contributed by atoms with Gasteiger partial charge in [-0.15, -0.1) is 0 Å². The largest absolute Gasteiger partial charge is 0.288 e. The molecule has 4 heteroatoms. The summed E-state index contributed by atoms with van der Waals surface area (Å²) in [5.41, 5.74) is 3.48. The van der Waals surface area contributed by atoms with Crippen molar-refractivity contribution in [3.63, 3.8) is 0 Å². The molecule has 1 heterocycles. The summed E-state index contributed by atoms with van der Waals surface area (Å²) in [4.78, 5) is 11.6. The van der Waals surface area contributed by atoms with Crippen LogP contribution in [0.5, 0.6) is 0 Å². The summed E-state index contributed by atoms with van der Waals surface area (Å²) in [7, 11) is 0. The highest BCUT2D eigenvalue weighted by Gasteiger charge is 2.06. The van der Waals surface area contributed by atoms with E-state index in [4.69, 9.17) is 0 Å². The molecule has 0 saturated heterocycles. The molecule has 1 aromatic carbocycles. The highest BCUT2D eigenvalue weighted by Crippen LogP contribution is 2.11. The Morgan fingerprint density at radius 2 is 2.06 bits per heavy atom. The van der Waals surface area contributed by atoms with Crippen molar-refractivity contribution >= 4 is 15.9 Å². The van der Waals surface area contributed by atoms with Crippen molar-refractivity contribution in [3.05, 3.63) is 57.5 Å². The molecule has 0 radical (unpaired) electrons. The molecule has 0 aliphatic rings. The number of alkyl halides is 1. The van der Waals surface area contributed by atoms with Gasteiger partial charge in [0, 0.05) is 11.8 Å². The van der Waals surface area contributed by atoms with E-state index in [0.717, 1.165) is 11.4 Å². The molecule has 2 aromatic rings. The molecule has 0 aliphatic carbocycles. The van der Waals surface area contributed by atoms with Crippen LogP contribution in [-0.2, 0) is 5.33 Å². The van der Waals surface area contributed by atoms with Crippen molar-refractivity contribution in [1.29, 1.82) is 0 Å². The van der Waals surface area contributed by atoms with Crippen LogP contribution in [-0.4, -0.2) is 9.78 Å². The van der Waals surface area contributed by atoms with Crippen molar-refractivity contribution in [2.75, 3.05) is 0 Å². The lowest BCUT2D eigenvalue weighted by atomic mass is 10.2. The van der Waals surface area contributed by atoms with Gasteiger partial charge >= 0.3 is 0 Å². The van der Waals surface area contributed by atoms with E-state index in [1.807, 2.05) is 38.1 Å². The zero-order chi connectivity index (χ0) is 12.4. The van der Waals surface area contributed by atoms with E-state index in [-0.39, 0.29) is 5.43 Å². The van der Waals surface area contributed by atoms with Crippen LogP contribution in [0.2, 0.25) is 0 Å². The summed E-state index contributed by atoms with van der Waals surface area (Å²) >= 11 is 3.28. The predicted octanol–water partition coefficient (Wildman–Crippen LogP) is 2.74. The molecule has 0 unspecified atom stereocenters. The standard InChI is InChI=1S/C13H13BrN2O/c1-9-4-3-5-11(6-9)16-10(2)7-13(17)12(8-14)15-16/h3-7H,8H2,1-2H3. The number of hydrogen-bond donors (Lipinski definition) is 0. The van der Waals surface area contributed by atoms with E-state index >= 15 is 0 Å². The van der Waals surface area contributed by atoms with Crippen LogP contribution in [0.25, 0.3) is 5.69 Å². The number of aryl methyl sites for hydroxylation is 2. The molecule has 1 aromatic heterocycles. The third-order valence-electron chi connectivity index (χ3n) is 2.55. The summed E-state index contributed by atoms with van der Waals surface area (Å²) in [5.74, 6) is 0. The van der Waals surface area contributed by atoms with Crippen LogP contribution in [0.4, 0.5) is 0 Å². The minimum Gasteiger partial charge on any atom is -0.288 e. The van der Waals surface area contributed by atoms with E-state index in [0.29, 0.717) is 11.0 Å². The second kappa shape index (κ2) is 4.84. The quantitative estimate of drug-likeness (QED) is 0.798. The molecule has 0 amide bonds. The molecule has 17 heavy (non-hydrogen) atoms. The first-order valence-electron chi connectivity index (χ1n) is 5.34. The van der Waals surface area contributed by atoms with Gasteiger partial charge < -0.3 is 0 Å². The normalized spacial score (nSPS) is 10.5. The molecule has 0 atom stereocenters. The van der Waals surface area contributed by atoms with E-state index in [1.54, 1.807) is 10.7 Å². The first-order valence-corrected chi connectivity index (χ1v) is 6.47. The van der Waals surface area contributed by atoms with Crippen molar-refractivity contribution in [3.8, 4) is 5.69 Å². The van der Waals surface area contributed by atoms with Crippen LogP contribution < -0.4 is 5.43 Å². The van der Waals surface area contributed by atoms with Crippen LogP contribution in [0.1, 0.15) is 17.0 Å². The molecule has 88 valence electrons. The van der Waals surface area contributed by atoms with E-state index < -0.39 is 0 Å². The number of rotatable bonds is 2. The number of aromatic nitrogens is 2. The van der Waals surface area contributed by atoms with Crippen LogP contribution in [0.15, 0.2) is 35.1 Å². The van der Waals surface area contributed by atoms with Gasteiger partial charge in [-0.2, -0.15) is 5.10 Å². The fourth-order valence-electron chi connectivity index (χ4n) is 1.70. The Hall–Kier alpha value is -1.42. The minimum absolute atomic E-state index is 0.0247. The summed E-state index contributed by atoms with van der Waals surface area (Å²) in [5, 5.41) is 4.83. The highest BCUT2D eigenvalue weighted by atomic mass is 79.9. The summed E-state index contributed by atoms with van der Waals surface area (Å²) < 4.78 is 1.80. The van der Waals surface area contributed by atoms with Gasteiger partial charge in [0.1, 0.15) is 5.69 Å². The minimum atomic E-state index is -0.0247. The fraction of sp³-hybridized carbons (Fsp3) is 0.231. The highest BCUT2D eigenvalue weighted by molar-refractivity contribution is 9.08. The van der Waals surface area contributed by atoms with Gasteiger partial charge in [0.2, 0.25) is 5.43 Å². The predicted molar refractivity (Wildman–Crippen MR) is 71.9 cm³/mol. The van der Waals surface area contributed by atoms with Crippen molar-refractivity contribution in [1.82, 2.24) is 9.78 Å². The first kappa shape index (κ1) is 12.0. The Bertz CT molecular complexity index is 605. The zero-order valence-corrected chi connectivity index (χ0v) is 11.4. The van der Waals surface area contributed by atoms with Crippen molar-refractivity contribution < 1.29 is 0 Å². The molecule has 0 fully saturated rings. The Labute approximate surface area is 108 Å². The van der Waals surface area contributed by atoms with Gasteiger partial charge in [-0.3, -0.25) is 4.79 Å². The smallest absolute Gasteiger partial charge is 0.204 e. The fourth-order valence-corrected chi connectivity index (χ4v) is 2.09. The maximum absolute atomic E-state index is 11.6. The van der Waals surface area contributed by atoms with Gasteiger partial charge in [0.25, 0.3) is 0 Å². The lowest BCUT2D eigenvalue weighted by molar-refractivity contribution is 0.774. The van der Waals surface area contributed by atoms with E-state index in [2.05, 4.69) is 21.0 Å². The van der Waals surface area contributed by atoms with Gasteiger partial charge in [-0.25, -0.2) is 4.68 Å². The van der Waals surface area contributed by atoms with Crippen molar-refractivity contribution in [2.45, 2.75) is 19.2 Å². The number of hydrogen-bond acceptors (Lipinski definition) is 2. The SMILES string of the molecule is Cc1cccc(-n2nc(CBr)c(=O)cc2C)c1. The zero-order valence-electron chi connectivity index (χ0n) is 9.77. The average Bonchev–Trinajstić information content (AvgIpc) is 2.29. The second-order valence-corrected chi connectivity index (χ2v) is 4.54. The summed E-state index contributed by atoms with van der Waals surface area (Å²) in [6.07, 6.45) is 0. The second-order valence-electron chi connectivity index (χ2n) is 3.98. The average molecular weight is 293 g/mol. The topological polar surface area (TPSA) is 34.9 Å². The van der Waals surface area contributed by atoms with Crippen LogP contribution >= 0.6 is 15.9 Å². The van der Waals surface area contributed by atoms with Crippen LogP contribution in [0.3, 0.4) is 0 Å². The summed E-state index contributed by atoms with van der Waals surface area (Å²) in [6, 6.07) is 9.66. The lowest BCUT2D eigenvalue weighted by Gasteiger charge is -2.10. The Balaban J connectivity index is 2.63. The van der Waals surface area contributed by atoms with E-state index in [9.17, 15) is 4.79 Å². The molecule has 0 spiro atoms. The molecular weight excluding hydrogens is 280 g/mol. The molecular formula is C13H13BrN2O. The van der Waals surface area contributed by atoms with Gasteiger partial charge in [-0.1, -0.05) is 28.1 Å². The number of benzene rings is 1. The molecule has 0 saturated carbocycles. The molecule has 0 aliphatic heterocycles. The monoisotopic (exact) mass is 292 g/mol. The Morgan fingerprint density at radius 1 is 1.29 bits per heavy atom. The maximum atomic E-state index is 11.6.